The van der Waals surface area contributed by atoms with Crippen molar-refractivity contribution in [2.24, 2.45) is 0 Å². The Kier molecular flexibility index (Phi) is 4.85. The van der Waals surface area contributed by atoms with Crippen LogP contribution in [0.3, 0.4) is 0 Å². The summed E-state index contributed by atoms with van der Waals surface area (Å²) in [4.78, 5) is 32.9. The molecule has 0 saturated carbocycles. The molecule has 1 aromatic heterocycles. The largest absolute Gasteiger partial charge is 0.356 e. The Labute approximate surface area is 169 Å². The Hall–Kier alpha value is -2.80. The molecule has 6 nitrogen and oxygen atoms in total. The van der Waals surface area contributed by atoms with E-state index in [-0.39, 0.29) is 22.6 Å². The van der Waals surface area contributed by atoms with Crippen molar-refractivity contribution in [1.82, 2.24) is 15.2 Å². The standard InChI is InChI=1S/C21H22N4O2S/c1-13-7-6-8-15-11-16(12-17-20(27)23-21(28)25(17)14(2)26)19(22-18(13)15)24-9-4-3-5-10-24/h6-8,11-12H,3-5,9-10H2,1-2H3,(H,23,27,28)/b17-12-. The van der Waals surface area contributed by atoms with Crippen LogP contribution in [0.25, 0.3) is 17.0 Å². The van der Waals surface area contributed by atoms with E-state index in [9.17, 15) is 9.59 Å². The van der Waals surface area contributed by atoms with Crippen molar-refractivity contribution in [3.8, 4) is 0 Å². The molecule has 0 atom stereocenters. The zero-order valence-corrected chi connectivity index (χ0v) is 16.8. The number of aromatic nitrogens is 1. The number of pyridine rings is 1. The molecule has 0 spiro atoms. The summed E-state index contributed by atoms with van der Waals surface area (Å²) in [5, 5.41) is 3.68. The van der Waals surface area contributed by atoms with Crippen LogP contribution in [0.15, 0.2) is 30.0 Å². The highest BCUT2D eigenvalue weighted by Crippen LogP contribution is 2.30. The van der Waals surface area contributed by atoms with Gasteiger partial charge in [-0.1, -0.05) is 18.2 Å². The first-order valence-electron chi connectivity index (χ1n) is 9.49. The number of nitrogens with zero attached hydrogens (tertiary/aromatic N) is 3. The summed E-state index contributed by atoms with van der Waals surface area (Å²) in [6, 6.07) is 8.10. The Morgan fingerprint density at radius 3 is 2.71 bits per heavy atom. The lowest BCUT2D eigenvalue weighted by atomic mass is 10.1. The molecule has 0 bridgehead atoms. The van der Waals surface area contributed by atoms with E-state index in [1.807, 2.05) is 31.2 Å². The van der Waals surface area contributed by atoms with Crippen LogP contribution in [0.2, 0.25) is 0 Å². The number of aryl methyl sites for hydroxylation is 1. The molecular formula is C21H22N4O2S. The van der Waals surface area contributed by atoms with Crippen molar-refractivity contribution < 1.29 is 9.59 Å². The van der Waals surface area contributed by atoms with Crippen molar-refractivity contribution in [2.75, 3.05) is 18.0 Å². The number of piperidine rings is 1. The third-order valence-electron chi connectivity index (χ3n) is 5.22. The van der Waals surface area contributed by atoms with Gasteiger partial charge in [0, 0.05) is 31.0 Å². The number of carbonyl (C=O) groups excluding carboxylic acids is 2. The molecule has 1 N–H and O–H groups in total. The van der Waals surface area contributed by atoms with E-state index in [4.69, 9.17) is 17.2 Å². The van der Waals surface area contributed by atoms with Gasteiger partial charge in [0.15, 0.2) is 5.11 Å². The van der Waals surface area contributed by atoms with Crippen molar-refractivity contribution in [2.45, 2.75) is 33.1 Å². The zero-order chi connectivity index (χ0) is 19.8. The van der Waals surface area contributed by atoms with E-state index < -0.39 is 0 Å². The normalized spacial score (nSPS) is 18.9. The SMILES string of the molecule is CC(=O)N1C(=S)NC(=O)/C1=C/c1cc2cccc(C)c2nc1N1CCCCC1. The second-order valence-electron chi connectivity index (χ2n) is 7.24. The van der Waals surface area contributed by atoms with E-state index in [0.29, 0.717) is 0 Å². The highest BCUT2D eigenvalue weighted by molar-refractivity contribution is 7.80. The quantitative estimate of drug-likeness (QED) is 0.626. The molecular weight excluding hydrogens is 372 g/mol. The molecule has 2 aliphatic heterocycles. The number of fused-ring (bicyclic) bond motifs is 1. The van der Waals surface area contributed by atoms with Gasteiger partial charge in [-0.15, -0.1) is 0 Å². The minimum absolute atomic E-state index is 0.118. The van der Waals surface area contributed by atoms with Gasteiger partial charge in [0.1, 0.15) is 11.5 Å². The van der Waals surface area contributed by atoms with Crippen LogP contribution in [0.1, 0.15) is 37.3 Å². The smallest absolute Gasteiger partial charge is 0.274 e. The van der Waals surface area contributed by atoms with Gasteiger partial charge in [0.2, 0.25) is 5.91 Å². The Morgan fingerprint density at radius 2 is 2.00 bits per heavy atom. The molecule has 1 aromatic carbocycles. The number of amides is 2. The van der Waals surface area contributed by atoms with Crippen molar-refractivity contribution >= 4 is 51.9 Å². The van der Waals surface area contributed by atoms with Gasteiger partial charge < -0.3 is 4.90 Å². The summed E-state index contributed by atoms with van der Waals surface area (Å²) in [6.07, 6.45) is 5.18. The lowest BCUT2D eigenvalue weighted by Gasteiger charge is -2.29. The number of benzene rings is 1. The lowest BCUT2D eigenvalue weighted by Crippen LogP contribution is -2.31. The van der Waals surface area contributed by atoms with E-state index in [0.717, 1.165) is 53.8 Å². The van der Waals surface area contributed by atoms with E-state index in [2.05, 4.69) is 10.2 Å². The summed E-state index contributed by atoms with van der Waals surface area (Å²) in [5.74, 6) is 0.191. The van der Waals surface area contributed by atoms with E-state index in [1.54, 1.807) is 6.08 Å². The molecule has 3 heterocycles. The van der Waals surface area contributed by atoms with Crippen LogP contribution in [-0.2, 0) is 9.59 Å². The number of para-hydroxylation sites is 1. The number of nitrogens with one attached hydrogen (secondary N) is 1. The summed E-state index contributed by atoms with van der Waals surface area (Å²) in [6.45, 7) is 5.31. The van der Waals surface area contributed by atoms with Crippen LogP contribution >= 0.6 is 12.2 Å². The topological polar surface area (TPSA) is 65.5 Å². The summed E-state index contributed by atoms with van der Waals surface area (Å²) in [7, 11) is 0. The summed E-state index contributed by atoms with van der Waals surface area (Å²) in [5.41, 5.74) is 3.13. The second-order valence-corrected chi connectivity index (χ2v) is 7.63. The third-order valence-corrected chi connectivity index (χ3v) is 5.50. The predicted octanol–water partition coefficient (Wildman–Crippen LogP) is 3.14. The van der Waals surface area contributed by atoms with E-state index in [1.165, 1.54) is 18.2 Å². The minimum Gasteiger partial charge on any atom is -0.356 e. The molecule has 4 rings (SSSR count). The van der Waals surface area contributed by atoms with Gasteiger partial charge in [0.25, 0.3) is 5.91 Å². The van der Waals surface area contributed by atoms with Gasteiger partial charge in [-0.05, 0) is 56.1 Å². The number of rotatable bonds is 2. The maximum atomic E-state index is 12.4. The fourth-order valence-electron chi connectivity index (χ4n) is 3.84. The van der Waals surface area contributed by atoms with Crippen molar-refractivity contribution in [3.05, 3.63) is 41.1 Å². The van der Waals surface area contributed by atoms with Crippen LogP contribution in [0.4, 0.5) is 5.82 Å². The molecule has 2 aromatic rings. The molecule has 2 aliphatic rings. The molecule has 0 radical (unpaired) electrons. The van der Waals surface area contributed by atoms with Crippen LogP contribution in [0, 0.1) is 6.92 Å². The fourth-order valence-corrected chi connectivity index (χ4v) is 4.16. The van der Waals surface area contributed by atoms with Gasteiger partial charge in [-0.2, -0.15) is 0 Å². The number of carbonyl (C=O) groups is 2. The van der Waals surface area contributed by atoms with Crippen LogP contribution in [-0.4, -0.2) is 39.9 Å². The average molecular weight is 395 g/mol. The molecule has 28 heavy (non-hydrogen) atoms. The Morgan fingerprint density at radius 1 is 1.25 bits per heavy atom. The third kappa shape index (κ3) is 3.26. The summed E-state index contributed by atoms with van der Waals surface area (Å²) < 4.78 is 0. The van der Waals surface area contributed by atoms with Crippen molar-refractivity contribution in [1.29, 1.82) is 0 Å². The molecule has 144 valence electrons. The van der Waals surface area contributed by atoms with Gasteiger partial charge in [-0.3, -0.25) is 19.8 Å². The van der Waals surface area contributed by atoms with Crippen LogP contribution in [0.5, 0.6) is 0 Å². The number of hydrogen-bond donors (Lipinski definition) is 1. The van der Waals surface area contributed by atoms with Gasteiger partial charge in [-0.25, -0.2) is 4.98 Å². The first kappa shape index (κ1) is 18.6. The first-order chi connectivity index (χ1) is 13.5. The predicted molar refractivity (Wildman–Crippen MR) is 114 cm³/mol. The maximum Gasteiger partial charge on any atom is 0.274 e. The molecule has 7 heteroatoms. The Balaban J connectivity index is 1.90. The van der Waals surface area contributed by atoms with Crippen molar-refractivity contribution in [3.63, 3.8) is 0 Å². The molecule has 2 saturated heterocycles. The molecule has 2 amide bonds. The zero-order valence-electron chi connectivity index (χ0n) is 16.0. The fraction of sp³-hybridized carbons (Fsp3) is 0.333. The molecule has 0 aliphatic carbocycles. The van der Waals surface area contributed by atoms with E-state index >= 15 is 0 Å². The van der Waals surface area contributed by atoms with Gasteiger partial charge >= 0.3 is 0 Å². The number of thiocarbonyl (C=S) groups is 1. The monoisotopic (exact) mass is 394 g/mol. The maximum absolute atomic E-state index is 12.4. The average Bonchev–Trinajstić information content (AvgIpc) is 2.95. The first-order valence-corrected chi connectivity index (χ1v) is 9.89. The minimum atomic E-state index is -0.367. The molecule has 0 unspecified atom stereocenters. The lowest BCUT2D eigenvalue weighted by molar-refractivity contribution is -0.125. The highest BCUT2D eigenvalue weighted by atomic mass is 32.1. The second kappa shape index (κ2) is 7.31. The highest BCUT2D eigenvalue weighted by Gasteiger charge is 2.33. The molecule has 2 fully saturated rings. The number of hydrogen-bond acceptors (Lipinski definition) is 5. The van der Waals surface area contributed by atoms with Crippen LogP contribution < -0.4 is 10.2 Å². The Bertz CT molecular complexity index is 1020. The van der Waals surface area contributed by atoms with Gasteiger partial charge in [0.05, 0.1) is 5.52 Å². The number of anilines is 1. The summed E-state index contributed by atoms with van der Waals surface area (Å²) >= 11 is 5.15.